The highest BCUT2D eigenvalue weighted by molar-refractivity contribution is 7.99. The number of nitrogens with zero attached hydrogens (tertiary/aromatic N) is 3. The minimum atomic E-state index is -0.195. The number of benzene rings is 3. The van der Waals surface area contributed by atoms with E-state index < -0.39 is 0 Å². The lowest BCUT2D eigenvalue weighted by molar-refractivity contribution is -0.113. The standard InChI is InChI=1S/C26H26N4O4S/c1-18-9-11-19(12-10-18)30-24(16-34-20-7-5-4-6-8-20)28-29-26(30)35-17-25(31)27-22-14-13-21(32-2)15-23(22)33-3/h4-15H,16-17H2,1-3H3,(H,27,31). The number of anilines is 1. The maximum absolute atomic E-state index is 12.7. The predicted octanol–water partition coefficient (Wildman–Crippen LogP) is 4.90. The van der Waals surface area contributed by atoms with Gasteiger partial charge in [0.25, 0.3) is 0 Å². The molecule has 0 aliphatic rings. The largest absolute Gasteiger partial charge is 0.497 e. The number of rotatable bonds is 10. The van der Waals surface area contributed by atoms with E-state index in [0.29, 0.717) is 28.2 Å². The van der Waals surface area contributed by atoms with Gasteiger partial charge in [-0.25, -0.2) is 0 Å². The number of aromatic nitrogens is 3. The molecule has 9 heteroatoms. The number of para-hydroxylation sites is 1. The summed E-state index contributed by atoms with van der Waals surface area (Å²) in [6.07, 6.45) is 0. The number of hydrogen-bond donors (Lipinski definition) is 1. The SMILES string of the molecule is COc1ccc(NC(=O)CSc2nnc(COc3ccccc3)n2-c2ccc(C)cc2)c(OC)c1. The van der Waals surface area contributed by atoms with Crippen molar-refractivity contribution in [2.24, 2.45) is 0 Å². The summed E-state index contributed by atoms with van der Waals surface area (Å²) in [6, 6.07) is 22.8. The molecule has 0 atom stereocenters. The van der Waals surface area contributed by atoms with Crippen molar-refractivity contribution in [1.29, 1.82) is 0 Å². The molecular formula is C26H26N4O4S. The smallest absolute Gasteiger partial charge is 0.234 e. The van der Waals surface area contributed by atoms with E-state index in [1.165, 1.54) is 11.8 Å². The molecule has 1 heterocycles. The normalized spacial score (nSPS) is 10.6. The van der Waals surface area contributed by atoms with Gasteiger partial charge in [0.05, 0.1) is 25.7 Å². The van der Waals surface area contributed by atoms with Gasteiger partial charge in [0.1, 0.15) is 23.9 Å². The number of thioether (sulfide) groups is 1. The molecule has 4 aromatic rings. The highest BCUT2D eigenvalue weighted by Gasteiger charge is 2.17. The number of ether oxygens (including phenoxy) is 3. The third-order valence-electron chi connectivity index (χ3n) is 5.12. The Morgan fingerprint density at radius 3 is 2.43 bits per heavy atom. The number of methoxy groups -OCH3 is 2. The van der Waals surface area contributed by atoms with Gasteiger partial charge < -0.3 is 19.5 Å². The van der Waals surface area contributed by atoms with Crippen molar-refractivity contribution in [2.75, 3.05) is 25.3 Å². The van der Waals surface area contributed by atoms with Crippen LogP contribution in [0.1, 0.15) is 11.4 Å². The molecule has 1 N–H and O–H groups in total. The van der Waals surface area contributed by atoms with Crippen LogP contribution in [0.3, 0.4) is 0 Å². The second-order valence-electron chi connectivity index (χ2n) is 7.57. The Morgan fingerprint density at radius 1 is 0.943 bits per heavy atom. The fourth-order valence-corrected chi connectivity index (χ4v) is 4.09. The van der Waals surface area contributed by atoms with Crippen LogP contribution >= 0.6 is 11.8 Å². The molecule has 0 bridgehead atoms. The number of nitrogens with one attached hydrogen (secondary N) is 1. The summed E-state index contributed by atoms with van der Waals surface area (Å²) in [6.45, 7) is 2.27. The number of amides is 1. The second kappa shape index (κ2) is 11.4. The first-order valence-electron chi connectivity index (χ1n) is 10.9. The Balaban J connectivity index is 1.50. The molecule has 1 aromatic heterocycles. The van der Waals surface area contributed by atoms with Crippen LogP contribution in [0.25, 0.3) is 5.69 Å². The zero-order valence-electron chi connectivity index (χ0n) is 19.7. The minimum Gasteiger partial charge on any atom is -0.497 e. The van der Waals surface area contributed by atoms with E-state index in [-0.39, 0.29) is 18.3 Å². The summed E-state index contributed by atoms with van der Waals surface area (Å²) in [5, 5.41) is 12.2. The fraction of sp³-hybridized carbons (Fsp3) is 0.192. The highest BCUT2D eigenvalue weighted by Crippen LogP contribution is 2.30. The quantitative estimate of drug-likeness (QED) is 0.316. The molecule has 0 unspecified atom stereocenters. The molecule has 35 heavy (non-hydrogen) atoms. The van der Waals surface area contributed by atoms with Crippen LogP contribution in [0.5, 0.6) is 17.2 Å². The van der Waals surface area contributed by atoms with Crippen molar-refractivity contribution in [1.82, 2.24) is 14.8 Å². The number of carbonyl (C=O) groups excluding carboxylic acids is 1. The monoisotopic (exact) mass is 490 g/mol. The minimum absolute atomic E-state index is 0.138. The summed E-state index contributed by atoms with van der Waals surface area (Å²) in [5.74, 6) is 2.49. The molecule has 0 fully saturated rings. The average Bonchev–Trinajstić information content (AvgIpc) is 3.30. The average molecular weight is 491 g/mol. The van der Waals surface area contributed by atoms with E-state index >= 15 is 0 Å². The maximum atomic E-state index is 12.7. The summed E-state index contributed by atoms with van der Waals surface area (Å²) in [7, 11) is 3.12. The van der Waals surface area contributed by atoms with Crippen molar-refractivity contribution < 1.29 is 19.0 Å². The van der Waals surface area contributed by atoms with Crippen molar-refractivity contribution in [3.05, 3.63) is 84.2 Å². The molecule has 1 amide bonds. The molecule has 0 aliphatic carbocycles. The van der Waals surface area contributed by atoms with Gasteiger partial charge in [0.15, 0.2) is 11.0 Å². The second-order valence-corrected chi connectivity index (χ2v) is 8.52. The zero-order valence-corrected chi connectivity index (χ0v) is 20.5. The first-order chi connectivity index (χ1) is 17.1. The van der Waals surface area contributed by atoms with Gasteiger partial charge in [-0.3, -0.25) is 9.36 Å². The van der Waals surface area contributed by atoms with E-state index in [1.807, 2.05) is 66.1 Å². The molecule has 8 nitrogen and oxygen atoms in total. The first-order valence-corrected chi connectivity index (χ1v) is 11.9. The van der Waals surface area contributed by atoms with Crippen LogP contribution in [0.2, 0.25) is 0 Å². The predicted molar refractivity (Wildman–Crippen MR) is 136 cm³/mol. The summed E-state index contributed by atoms with van der Waals surface area (Å²) in [5.41, 5.74) is 2.61. The molecule has 0 saturated heterocycles. The third-order valence-corrected chi connectivity index (χ3v) is 6.05. The number of carbonyl (C=O) groups is 1. The first kappa shape index (κ1) is 24.2. The molecular weight excluding hydrogens is 464 g/mol. The van der Waals surface area contributed by atoms with E-state index in [1.54, 1.807) is 32.4 Å². The van der Waals surface area contributed by atoms with E-state index in [4.69, 9.17) is 14.2 Å². The van der Waals surface area contributed by atoms with Gasteiger partial charge in [0.2, 0.25) is 5.91 Å². The van der Waals surface area contributed by atoms with E-state index in [2.05, 4.69) is 15.5 Å². The lowest BCUT2D eigenvalue weighted by Gasteiger charge is -2.13. The molecule has 0 saturated carbocycles. The van der Waals surface area contributed by atoms with Crippen LogP contribution in [-0.4, -0.2) is 40.6 Å². The maximum Gasteiger partial charge on any atom is 0.234 e. The summed E-state index contributed by atoms with van der Waals surface area (Å²) in [4.78, 5) is 12.7. The van der Waals surface area contributed by atoms with Crippen LogP contribution in [0.4, 0.5) is 5.69 Å². The molecule has 0 aliphatic heterocycles. The van der Waals surface area contributed by atoms with Crippen molar-refractivity contribution in [2.45, 2.75) is 18.7 Å². The summed E-state index contributed by atoms with van der Waals surface area (Å²) >= 11 is 1.29. The topological polar surface area (TPSA) is 87.5 Å². The molecule has 3 aromatic carbocycles. The van der Waals surface area contributed by atoms with E-state index in [0.717, 1.165) is 17.0 Å². The lowest BCUT2D eigenvalue weighted by atomic mass is 10.2. The third kappa shape index (κ3) is 6.13. The van der Waals surface area contributed by atoms with Crippen molar-refractivity contribution in [3.63, 3.8) is 0 Å². The van der Waals surface area contributed by atoms with Gasteiger partial charge in [-0.2, -0.15) is 0 Å². The zero-order chi connectivity index (χ0) is 24.6. The number of aryl methyl sites for hydroxylation is 1. The van der Waals surface area contributed by atoms with Gasteiger partial charge in [-0.1, -0.05) is 47.7 Å². The van der Waals surface area contributed by atoms with Crippen LogP contribution in [0.15, 0.2) is 78.0 Å². The van der Waals surface area contributed by atoms with Crippen molar-refractivity contribution >= 4 is 23.4 Å². The van der Waals surface area contributed by atoms with Gasteiger partial charge in [-0.05, 0) is 43.3 Å². The molecule has 0 spiro atoms. The van der Waals surface area contributed by atoms with Crippen LogP contribution in [-0.2, 0) is 11.4 Å². The van der Waals surface area contributed by atoms with Gasteiger partial charge in [0, 0.05) is 11.8 Å². The van der Waals surface area contributed by atoms with Gasteiger partial charge in [-0.15, -0.1) is 10.2 Å². The van der Waals surface area contributed by atoms with Crippen LogP contribution in [0, 0.1) is 6.92 Å². The molecule has 4 rings (SSSR count). The Kier molecular flexibility index (Phi) is 7.89. The van der Waals surface area contributed by atoms with Crippen molar-refractivity contribution in [3.8, 4) is 22.9 Å². The Labute approximate surface area is 208 Å². The van der Waals surface area contributed by atoms with Crippen LogP contribution < -0.4 is 19.5 Å². The fourth-order valence-electron chi connectivity index (χ4n) is 3.32. The summed E-state index contributed by atoms with van der Waals surface area (Å²) < 4.78 is 18.4. The Hall–Kier alpha value is -3.98. The lowest BCUT2D eigenvalue weighted by Crippen LogP contribution is -2.15. The molecule has 0 radical (unpaired) electrons. The van der Waals surface area contributed by atoms with Gasteiger partial charge >= 0.3 is 0 Å². The Bertz CT molecular complexity index is 1280. The number of hydrogen-bond acceptors (Lipinski definition) is 7. The molecule has 180 valence electrons. The Morgan fingerprint density at radius 2 is 1.71 bits per heavy atom. The highest BCUT2D eigenvalue weighted by atomic mass is 32.2. The van der Waals surface area contributed by atoms with E-state index in [9.17, 15) is 4.79 Å².